The van der Waals surface area contributed by atoms with Crippen molar-refractivity contribution in [3.8, 4) is 5.75 Å². The van der Waals surface area contributed by atoms with E-state index >= 15 is 0 Å². The highest BCUT2D eigenvalue weighted by Gasteiger charge is 2.31. The van der Waals surface area contributed by atoms with Gasteiger partial charge in [0.1, 0.15) is 5.75 Å². The van der Waals surface area contributed by atoms with Gasteiger partial charge >= 0.3 is 0 Å². The molecule has 26 heavy (non-hydrogen) atoms. The highest BCUT2D eigenvalue weighted by atomic mass is 79.9. The van der Waals surface area contributed by atoms with E-state index in [1.807, 2.05) is 19.9 Å². The highest BCUT2D eigenvalue weighted by molar-refractivity contribution is 9.12. The second-order valence-corrected chi connectivity index (χ2v) is 8.25. The molecule has 1 fully saturated rings. The van der Waals surface area contributed by atoms with Crippen molar-refractivity contribution in [1.82, 2.24) is 10.6 Å². The lowest BCUT2D eigenvalue weighted by Crippen LogP contribution is -2.32. The minimum atomic E-state index is 0.233. The van der Waals surface area contributed by atoms with Gasteiger partial charge in [-0.1, -0.05) is 25.5 Å². The van der Waals surface area contributed by atoms with Crippen LogP contribution in [0.1, 0.15) is 44.2 Å². The fourth-order valence-corrected chi connectivity index (χ4v) is 4.95. The van der Waals surface area contributed by atoms with Crippen LogP contribution >= 0.6 is 31.9 Å². The maximum atomic E-state index is 10.1. The molecule has 1 aromatic carbocycles. The molecule has 2 heterocycles. The maximum Gasteiger partial charge on any atom is 0.130 e. The Labute approximate surface area is 172 Å². The summed E-state index contributed by atoms with van der Waals surface area (Å²) in [5.74, 6) is 0.328. The van der Waals surface area contributed by atoms with Crippen LogP contribution in [0.3, 0.4) is 0 Å². The molecule has 4 rings (SSSR count). The third-order valence-electron chi connectivity index (χ3n) is 5.14. The van der Waals surface area contributed by atoms with Gasteiger partial charge in [0.15, 0.2) is 0 Å². The third kappa shape index (κ3) is 3.80. The number of rotatable bonds is 0. The molecule has 5 heteroatoms. The molecule has 1 unspecified atom stereocenters. The number of piperidine rings is 1. The maximum absolute atomic E-state index is 10.1. The molecule has 1 atom stereocenters. The number of dihydropyridines is 1. The fourth-order valence-electron chi connectivity index (χ4n) is 3.98. The van der Waals surface area contributed by atoms with Gasteiger partial charge in [0.25, 0.3) is 0 Å². The van der Waals surface area contributed by atoms with Crippen LogP contribution in [0, 0.1) is 0 Å². The van der Waals surface area contributed by atoms with Crippen LogP contribution < -0.4 is 10.6 Å². The number of benzene rings is 1. The Kier molecular flexibility index (Phi) is 6.65. The molecular formula is C21H26Br2N2O. The molecular weight excluding hydrogens is 456 g/mol. The van der Waals surface area contributed by atoms with E-state index < -0.39 is 0 Å². The monoisotopic (exact) mass is 480 g/mol. The smallest absolute Gasteiger partial charge is 0.130 e. The highest BCUT2D eigenvalue weighted by Crippen LogP contribution is 2.43. The summed E-state index contributed by atoms with van der Waals surface area (Å²) >= 11 is 7.22. The van der Waals surface area contributed by atoms with Crippen molar-refractivity contribution in [2.45, 2.75) is 45.6 Å². The zero-order valence-electron chi connectivity index (χ0n) is 15.3. The molecule has 3 nitrogen and oxygen atoms in total. The van der Waals surface area contributed by atoms with Gasteiger partial charge in [-0.25, -0.2) is 0 Å². The normalized spacial score (nSPS) is 21.9. The van der Waals surface area contributed by atoms with E-state index in [0.29, 0.717) is 5.75 Å². The molecule has 0 aromatic heterocycles. The van der Waals surface area contributed by atoms with E-state index in [0.717, 1.165) is 47.7 Å². The Morgan fingerprint density at radius 3 is 2.50 bits per heavy atom. The summed E-state index contributed by atoms with van der Waals surface area (Å²) in [6, 6.07) is 4.14. The first-order chi connectivity index (χ1) is 12.6. The Bertz CT molecular complexity index is 772. The number of hydrogen-bond donors (Lipinski definition) is 3. The largest absolute Gasteiger partial charge is 0.507 e. The van der Waals surface area contributed by atoms with Gasteiger partial charge in [0, 0.05) is 10.7 Å². The van der Waals surface area contributed by atoms with Gasteiger partial charge in [-0.3, -0.25) is 0 Å². The first-order valence-electron chi connectivity index (χ1n) is 9.40. The van der Waals surface area contributed by atoms with Crippen molar-refractivity contribution in [2.24, 2.45) is 0 Å². The zero-order chi connectivity index (χ0) is 18.7. The van der Waals surface area contributed by atoms with Crippen molar-refractivity contribution < 1.29 is 5.11 Å². The molecule has 2 aliphatic heterocycles. The summed E-state index contributed by atoms with van der Waals surface area (Å²) in [4.78, 5) is 0. The molecule has 3 aliphatic rings. The molecule has 1 saturated heterocycles. The van der Waals surface area contributed by atoms with E-state index in [9.17, 15) is 5.11 Å². The van der Waals surface area contributed by atoms with Gasteiger partial charge in [0.05, 0.1) is 10.5 Å². The second kappa shape index (κ2) is 8.77. The van der Waals surface area contributed by atoms with Crippen LogP contribution in [-0.4, -0.2) is 24.2 Å². The van der Waals surface area contributed by atoms with Crippen molar-refractivity contribution in [3.63, 3.8) is 0 Å². The number of phenolic OH excluding ortho intramolecular Hbond substituents is 1. The number of fused-ring (bicyclic) bond motifs is 2. The summed E-state index contributed by atoms with van der Waals surface area (Å²) < 4.78 is 1.94. The van der Waals surface area contributed by atoms with E-state index in [-0.39, 0.29) is 6.04 Å². The van der Waals surface area contributed by atoms with Crippen LogP contribution in [0.15, 0.2) is 44.5 Å². The lowest BCUT2D eigenvalue weighted by Gasteiger charge is -2.30. The first kappa shape index (κ1) is 19.7. The van der Waals surface area contributed by atoms with Crippen LogP contribution in [-0.2, 0) is 6.42 Å². The summed E-state index contributed by atoms with van der Waals surface area (Å²) in [5.41, 5.74) is 6.86. The van der Waals surface area contributed by atoms with Gasteiger partial charge in [-0.05, 0) is 105 Å². The van der Waals surface area contributed by atoms with Crippen LogP contribution in [0.2, 0.25) is 0 Å². The topological polar surface area (TPSA) is 44.3 Å². The number of aromatic hydroxyl groups is 1. The Morgan fingerprint density at radius 1 is 1.04 bits per heavy atom. The van der Waals surface area contributed by atoms with Gasteiger partial charge in [-0.15, -0.1) is 0 Å². The number of allylic oxidation sites excluding steroid dienone is 2. The molecule has 0 bridgehead atoms. The predicted molar refractivity (Wildman–Crippen MR) is 117 cm³/mol. The number of phenols is 1. The Hall–Kier alpha value is -1.04. The van der Waals surface area contributed by atoms with Crippen LogP contribution in [0.4, 0.5) is 0 Å². The minimum Gasteiger partial charge on any atom is -0.507 e. The molecule has 1 aromatic rings. The lowest BCUT2D eigenvalue weighted by atomic mass is 9.85. The van der Waals surface area contributed by atoms with E-state index in [2.05, 4.69) is 60.8 Å². The molecule has 3 N–H and O–H groups in total. The van der Waals surface area contributed by atoms with Crippen molar-refractivity contribution >= 4 is 37.4 Å². The number of nitrogens with one attached hydrogen (secondary N) is 2. The summed E-state index contributed by atoms with van der Waals surface area (Å²) in [7, 11) is 0. The molecule has 140 valence electrons. The molecule has 0 amide bonds. The average molecular weight is 482 g/mol. The van der Waals surface area contributed by atoms with E-state index in [1.165, 1.54) is 27.8 Å². The molecule has 0 spiro atoms. The van der Waals surface area contributed by atoms with Crippen molar-refractivity contribution in [3.05, 3.63) is 55.6 Å². The number of hydrogen-bond acceptors (Lipinski definition) is 3. The standard InChI is InChI=1S/C19H20Br2N2O.C2H6/c20-13-9-12-1-2-15-14(3-4-16(24)18(15)21)17(19(12)23-10-13)11-5-7-22-8-6-11;1-2/h3-4,9-10,19,22-24H,1-2,5-8H2;1-2H3. The summed E-state index contributed by atoms with van der Waals surface area (Å²) in [5, 5.41) is 17.2. The lowest BCUT2D eigenvalue weighted by molar-refractivity contribution is 0.471. The quantitative estimate of drug-likeness (QED) is 0.464. The second-order valence-electron chi connectivity index (χ2n) is 6.54. The Balaban J connectivity index is 0.000000948. The third-order valence-corrected chi connectivity index (χ3v) is 6.48. The average Bonchev–Trinajstić information content (AvgIpc) is 2.84. The summed E-state index contributed by atoms with van der Waals surface area (Å²) in [6.45, 7) is 6.08. The molecule has 0 radical (unpaired) electrons. The molecule has 1 aliphatic carbocycles. The van der Waals surface area contributed by atoms with Gasteiger partial charge < -0.3 is 15.7 Å². The van der Waals surface area contributed by atoms with E-state index in [1.54, 1.807) is 0 Å². The van der Waals surface area contributed by atoms with E-state index in [4.69, 9.17) is 0 Å². The number of halogens is 2. The van der Waals surface area contributed by atoms with Gasteiger partial charge in [0.2, 0.25) is 0 Å². The fraction of sp³-hybridized carbons (Fsp3) is 0.429. The first-order valence-corrected chi connectivity index (χ1v) is 11.0. The minimum absolute atomic E-state index is 0.233. The van der Waals surface area contributed by atoms with Crippen molar-refractivity contribution in [2.75, 3.05) is 13.1 Å². The SMILES string of the molecule is CC.Oc1ccc2c(c1Br)CCC1=CC(Br)=CNC1C2=C1CCNCC1. The zero-order valence-corrected chi connectivity index (χ0v) is 18.5. The molecule has 0 saturated carbocycles. The summed E-state index contributed by atoms with van der Waals surface area (Å²) in [6.07, 6.45) is 8.40. The van der Waals surface area contributed by atoms with Gasteiger partial charge in [-0.2, -0.15) is 0 Å². The Morgan fingerprint density at radius 2 is 1.77 bits per heavy atom. The predicted octanol–water partition coefficient (Wildman–Crippen LogP) is 5.40. The van der Waals surface area contributed by atoms with Crippen molar-refractivity contribution in [1.29, 1.82) is 0 Å². The van der Waals surface area contributed by atoms with Crippen LogP contribution in [0.5, 0.6) is 5.75 Å². The van der Waals surface area contributed by atoms with Crippen LogP contribution in [0.25, 0.3) is 5.57 Å².